The van der Waals surface area contributed by atoms with Crippen molar-refractivity contribution in [3.05, 3.63) is 29.8 Å². The van der Waals surface area contributed by atoms with Crippen molar-refractivity contribution < 1.29 is 0 Å². The summed E-state index contributed by atoms with van der Waals surface area (Å²) in [5, 5.41) is 3.76. The van der Waals surface area contributed by atoms with Gasteiger partial charge in [-0.2, -0.15) is 0 Å². The minimum atomic E-state index is 0.516. The van der Waals surface area contributed by atoms with E-state index in [0.717, 1.165) is 12.5 Å². The number of hydrogen-bond donors (Lipinski definition) is 1. The van der Waals surface area contributed by atoms with Gasteiger partial charge in [-0.15, -0.1) is 11.8 Å². The highest BCUT2D eigenvalue weighted by atomic mass is 32.2. The van der Waals surface area contributed by atoms with E-state index in [0.29, 0.717) is 6.04 Å². The molecule has 2 atom stereocenters. The fourth-order valence-corrected chi connectivity index (χ4v) is 3.22. The molecule has 0 aliphatic rings. The van der Waals surface area contributed by atoms with Crippen LogP contribution in [0.3, 0.4) is 0 Å². The summed E-state index contributed by atoms with van der Waals surface area (Å²) in [6, 6.07) is 9.65. The molecular formula is C19H33NS. The summed E-state index contributed by atoms with van der Waals surface area (Å²) in [7, 11) is 0. The van der Waals surface area contributed by atoms with E-state index in [-0.39, 0.29) is 0 Å². The number of nitrogens with one attached hydrogen (secondary N) is 1. The Morgan fingerprint density at radius 3 is 2.29 bits per heavy atom. The molecule has 0 saturated heterocycles. The molecule has 0 aliphatic carbocycles. The molecule has 120 valence electrons. The van der Waals surface area contributed by atoms with Crippen LogP contribution >= 0.6 is 11.8 Å². The third-order valence-electron chi connectivity index (χ3n) is 4.27. The van der Waals surface area contributed by atoms with E-state index in [1.54, 1.807) is 0 Å². The zero-order valence-electron chi connectivity index (χ0n) is 14.3. The zero-order valence-corrected chi connectivity index (χ0v) is 15.1. The molecule has 1 aromatic carbocycles. The van der Waals surface area contributed by atoms with Crippen LogP contribution in [0.1, 0.15) is 70.9 Å². The van der Waals surface area contributed by atoms with Gasteiger partial charge in [-0.25, -0.2) is 0 Å². The monoisotopic (exact) mass is 307 g/mol. The number of hydrogen-bond acceptors (Lipinski definition) is 2. The van der Waals surface area contributed by atoms with E-state index < -0.39 is 0 Å². The van der Waals surface area contributed by atoms with Gasteiger partial charge in [0, 0.05) is 10.9 Å². The smallest absolute Gasteiger partial charge is 0.0322 e. The van der Waals surface area contributed by atoms with E-state index in [4.69, 9.17) is 0 Å². The van der Waals surface area contributed by atoms with Gasteiger partial charge in [0.15, 0.2) is 0 Å². The Labute approximate surface area is 136 Å². The highest BCUT2D eigenvalue weighted by Crippen LogP contribution is 2.28. The highest BCUT2D eigenvalue weighted by Gasteiger charge is 2.16. The maximum Gasteiger partial charge on any atom is 0.0322 e. The molecular weight excluding hydrogens is 274 g/mol. The quantitative estimate of drug-likeness (QED) is 0.499. The van der Waals surface area contributed by atoms with Crippen LogP contribution in [0.5, 0.6) is 0 Å². The Morgan fingerprint density at radius 1 is 1.05 bits per heavy atom. The van der Waals surface area contributed by atoms with E-state index in [2.05, 4.69) is 56.6 Å². The van der Waals surface area contributed by atoms with Crippen molar-refractivity contribution in [2.75, 3.05) is 12.8 Å². The van der Waals surface area contributed by atoms with E-state index in [1.807, 2.05) is 11.8 Å². The van der Waals surface area contributed by atoms with Crippen LogP contribution in [0, 0.1) is 5.92 Å². The molecule has 0 spiro atoms. The Morgan fingerprint density at radius 2 is 1.76 bits per heavy atom. The molecule has 2 heteroatoms. The van der Waals surface area contributed by atoms with Crippen molar-refractivity contribution in [3.63, 3.8) is 0 Å². The second kappa shape index (κ2) is 11.1. The van der Waals surface area contributed by atoms with Gasteiger partial charge in [-0.1, -0.05) is 58.6 Å². The van der Waals surface area contributed by atoms with Crippen LogP contribution in [-0.4, -0.2) is 12.8 Å². The Balaban J connectivity index is 2.72. The molecule has 0 saturated carbocycles. The number of thioether (sulfide) groups is 1. The van der Waals surface area contributed by atoms with Crippen molar-refractivity contribution in [3.8, 4) is 0 Å². The number of unbranched alkanes of at least 4 members (excludes halogenated alkanes) is 1. The van der Waals surface area contributed by atoms with Crippen LogP contribution < -0.4 is 5.32 Å². The Kier molecular flexibility index (Phi) is 9.86. The second-order valence-electron chi connectivity index (χ2n) is 5.93. The molecule has 0 aromatic heterocycles. The second-order valence-corrected chi connectivity index (χ2v) is 6.81. The van der Waals surface area contributed by atoms with Gasteiger partial charge < -0.3 is 5.32 Å². The summed E-state index contributed by atoms with van der Waals surface area (Å²) in [6.07, 6.45) is 9.96. The summed E-state index contributed by atoms with van der Waals surface area (Å²) in [4.78, 5) is 1.35. The molecule has 0 radical (unpaired) electrons. The molecule has 2 unspecified atom stereocenters. The summed E-state index contributed by atoms with van der Waals surface area (Å²) >= 11 is 1.82. The van der Waals surface area contributed by atoms with Gasteiger partial charge in [0.2, 0.25) is 0 Å². The lowest BCUT2D eigenvalue weighted by Crippen LogP contribution is -2.24. The summed E-state index contributed by atoms with van der Waals surface area (Å²) in [5.74, 6) is 0.847. The normalized spacial score (nSPS) is 14.1. The van der Waals surface area contributed by atoms with Gasteiger partial charge >= 0.3 is 0 Å². The summed E-state index contributed by atoms with van der Waals surface area (Å²) in [5.41, 5.74) is 1.45. The number of benzene rings is 1. The lowest BCUT2D eigenvalue weighted by molar-refractivity contribution is 0.353. The maximum absolute atomic E-state index is 3.76. The minimum Gasteiger partial charge on any atom is -0.310 e. The summed E-state index contributed by atoms with van der Waals surface area (Å²) in [6.45, 7) is 7.99. The van der Waals surface area contributed by atoms with Crippen LogP contribution in [0.15, 0.2) is 29.2 Å². The molecule has 0 amide bonds. The maximum atomic E-state index is 3.76. The molecule has 0 heterocycles. The first-order valence-electron chi connectivity index (χ1n) is 8.62. The topological polar surface area (TPSA) is 12.0 Å². The predicted molar refractivity (Wildman–Crippen MR) is 97.2 cm³/mol. The minimum absolute atomic E-state index is 0.516. The largest absolute Gasteiger partial charge is 0.310 e. The van der Waals surface area contributed by atoms with Crippen molar-refractivity contribution in [1.82, 2.24) is 5.32 Å². The SMILES string of the molecule is CCCCC(CC)CC(NCCC)c1ccc(SC)cc1. The van der Waals surface area contributed by atoms with Gasteiger partial charge in [0.1, 0.15) is 0 Å². The average molecular weight is 308 g/mol. The standard InChI is InChI=1S/C19H33NS/c1-5-8-9-16(7-3)15-19(20-14-6-2)17-10-12-18(21-4)13-11-17/h10-13,16,19-20H,5-9,14-15H2,1-4H3. The van der Waals surface area contributed by atoms with Crippen LogP contribution in [0.25, 0.3) is 0 Å². The Hall–Kier alpha value is -0.470. The molecule has 1 nitrogen and oxygen atoms in total. The first kappa shape index (κ1) is 18.6. The first-order chi connectivity index (χ1) is 10.2. The number of rotatable bonds is 11. The van der Waals surface area contributed by atoms with E-state index >= 15 is 0 Å². The average Bonchev–Trinajstić information content (AvgIpc) is 2.54. The van der Waals surface area contributed by atoms with Crippen LogP contribution in [0.2, 0.25) is 0 Å². The zero-order chi connectivity index (χ0) is 15.5. The molecule has 21 heavy (non-hydrogen) atoms. The van der Waals surface area contributed by atoms with Crippen molar-refractivity contribution >= 4 is 11.8 Å². The van der Waals surface area contributed by atoms with Crippen molar-refractivity contribution in [2.45, 2.75) is 70.2 Å². The fourth-order valence-electron chi connectivity index (χ4n) is 2.81. The fraction of sp³-hybridized carbons (Fsp3) is 0.684. The van der Waals surface area contributed by atoms with Gasteiger partial charge in [0.05, 0.1) is 0 Å². The lowest BCUT2D eigenvalue weighted by Gasteiger charge is -2.24. The van der Waals surface area contributed by atoms with Gasteiger partial charge in [-0.05, 0) is 49.3 Å². The molecule has 0 fully saturated rings. The molecule has 1 aromatic rings. The first-order valence-corrected chi connectivity index (χ1v) is 9.84. The van der Waals surface area contributed by atoms with E-state index in [9.17, 15) is 0 Å². The molecule has 0 aliphatic heterocycles. The highest BCUT2D eigenvalue weighted by molar-refractivity contribution is 7.98. The third-order valence-corrected chi connectivity index (χ3v) is 5.01. The van der Waals surface area contributed by atoms with Crippen molar-refractivity contribution in [1.29, 1.82) is 0 Å². The molecule has 1 N–H and O–H groups in total. The third kappa shape index (κ3) is 6.88. The van der Waals surface area contributed by atoms with Crippen molar-refractivity contribution in [2.24, 2.45) is 5.92 Å². The summed E-state index contributed by atoms with van der Waals surface area (Å²) < 4.78 is 0. The van der Waals surface area contributed by atoms with E-state index in [1.165, 1.54) is 49.0 Å². The van der Waals surface area contributed by atoms with Gasteiger partial charge in [0.25, 0.3) is 0 Å². The molecule has 1 rings (SSSR count). The Bertz CT molecular complexity index is 360. The van der Waals surface area contributed by atoms with Crippen LogP contribution in [0.4, 0.5) is 0 Å². The predicted octanol–water partition coefficient (Wildman–Crippen LogP) is 6.06. The lowest BCUT2D eigenvalue weighted by atomic mass is 9.89. The van der Waals surface area contributed by atoms with Crippen LogP contribution in [-0.2, 0) is 0 Å². The van der Waals surface area contributed by atoms with Gasteiger partial charge in [-0.3, -0.25) is 0 Å². The molecule has 0 bridgehead atoms.